The zero-order valence-electron chi connectivity index (χ0n) is 36.0. The summed E-state index contributed by atoms with van der Waals surface area (Å²) in [5, 5.41) is 79.0. The molecule has 12 N–H and O–H groups in total. The maximum Gasteiger partial charge on any atom is 0.474 e. The summed E-state index contributed by atoms with van der Waals surface area (Å²) < 4.78 is 43.0. The largest absolute Gasteiger partial charge is 0.474 e. The van der Waals surface area contributed by atoms with Gasteiger partial charge >= 0.3 is 7.82 Å². The lowest BCUT2D eigenvalue weighted by atomic mass is 9.93. The number of aliphatic hydroxyl groups excluding tert-OH is 4. The highest BCUT2D eigenvalue weighted by Crippen LogP contribution is 2.52. The quantitative estimate of drug-likeness (QED) is 0.0219. The molecule has 0 radical (unpaired) electrons. The second kappa shape index (κ2) is 25.2. The number of phosphoric acid groups is 1. The fraction of sp³-hybridized carbons (Fsp3) is 0.667. The van der Waals surface area contributed by atoms with Gasteiger partial charge in [-0.25, -0.2) is 14.5 Å². The number of nitrogens with zero attached hydrogens (tertiary/aromatic N) is 4. The number of aromatic nitrogens is 2. The molecule has 21 heteroatoms. The molecule has 2 aromatic rings. The first-order valence-electron chi connectivity index (χ1n) is 21.8. The second-order valence-electron chi connectivity index (χ2n) is 15.9. The van der Waals surface area contributed by atoms with E-state index in [1.54, 1.807) is 0 Å². The molecule has 0 amide bonds. The molecule has 2 aliphatic rings. The van der Waals surface area contributed by atoms with Gasteiger partial charge in [0.15, 0.2) is 0 Å². The number of nitriles is 2. The van der Waals surface area contributed by atoms with E-state index in [4.69, 9.17) is 45.3 Å². The van der Waals surface area contributed by atoms with Crippen LogP contribution in [0.4, 0.5) is 0 Å². The molecule has 63 heavy (non-hydrogen) atoms. The van der Waals surface area contributed by atoms with Crippen LogP contribution in [0, 0.1) is 33.5 Å². The highest BCUT2D eigenvalue weighted by atomic mass is 31.2. The third-order valence-corrected chi connectivity index (χ3v) is 12.9. The van der Waals surface area contributed by atoms with E-state index in [9.17, 15) is 35.5 Å². The monoisotopic (exact) mass is 900 g/mol. The van der Waals surface area contributed by atoms with Gasteiger partial charge in [-0.15, -0.1) is 0 Å². The number of nitrogens with two attached hydrogens (primary N) is 2. The van der Waals surface area contributed by atoms with Gasteiger partial charge in [0, 0.05) is 0 Å². The minimum absolute atomic E-state index is 0.0159. The summed E-state index contributed by atoms with van der Waals surface area (Å²) in [6, 6.07) is 9.47. The number of nitrogens with one attached hydrogen (secondary N) is 4. The Kier molecular flexibility index (Phi) is 20.6. The van der Waals surface area contributed by atoms with E-state index in [1.165, 1.54) is 94.9 Å². The number of hydrogen-bond acceptors (Lipinski definition) is 14. The first kappa shape index (κ1) is 51.3. The zero-order chi connectivity index (χ0) is 45.9. The molecule has 20 nitrogen and oxygen atoms in total. The lowest BCUT2D eigenvalue weighted by molar-refractivity contribution is -0.0731. The van der Waals surface area contributed by atoms with E-state index in [-0.39, 0.29) is 41.1 Å². The third kappa shape index (κ3) is 13.4. The van der Waals surface area contributed by atoms with E-state index in [0.717, 1.165) is 38.4 Å². The second-order valence-corrected chi connectivity index (χ2v) is 17.6. The molecule has 0 bridgehead atoms. The lowest BCUT2D eigenvalue weighted by Gasteiger charge is -2.24. The number of H-pyrrole nitrogens is 2. The van der Waals surface area contributed by atoms with Crippen LogP contribution in [0.1, 0.15) is 132 Å². The Balaban J connectivity index is 1.36. The summed E-state index contributed by atoms with van der Waals surface area (Å²) in [6.45, 7) is 0.760. The Labute approximate surface area is 368 Å². The normalized spacial score (nSPS) is 27.2. The van der Waals surface area contributed by atoms with Crippen molar-refractivity contribution < 1.29 is 48.0 Å². The fourth-order valence-corrected chi connectivity index (χ4v) is 8.96. The van der Waals surface area contributed by atoms with Crippen molar-refractivity contribution in [2.24, 2.45) is 21.5 Å². The van der Waals surface area contributed by atoms with Crippen molar-refractivity contribution in [2.45, 2.75) is 157 Å². The van der Waals surface area contributed by atoms with Crippen molar-refractivity contribution in [3.8, 4) is 12.1 Å². The molecule has 2 aliphatic heterocycles. The number of unbranched alkanes of at least 4 members (excludes halogenated alkanes) is 15. The summed E-state index contributed by atoms with van der Waals surface area (Å²) in [6.07, 6.45) is 9.99. The molecule has 2 fully saturated rings. The highest BCUT2D eigenvalue weighted by molar-refractivity contribution is 7.48. The third-order valence-electron chi connectivity index (χ3n) is 11.4. The van der Waals surface area contributed by atoms with E-state index in [1.807, 2.05) is 12.1 Å². The maximum absolute atomic E-state index is 14.2. The van der Waals surface area contributed by atoms with Crippen LogP contribution in [-0.2, 0) is 38.8 Å². The van der Waals surface area contributed by atoms with Crippen molar-refractivity contribution in [3.05, 3.63) is 47.0 Å². The molecule has 0 saturated carbocycles. The summed E-state index contributed by atoms with van der Waals surface area (Å²) in [7, 11) is -4.62. The molecule has 0 aromatic carbocycles. The summed E-state index contributed by atoms with van der Waals surface area (Å²) >= 11 is 0. The van der Waals surface area contributed by atoms with E-state index < -0.39 is 68.9 Å². The first-order valence-corrected chi connectivity index (χ1v) is 23.3. The van der Waals surface area contributed by atoms with Gasteiger partial charge in [-0.05, 0) is 30.7 Å². The highest BCUT2D eigenvalue weighted by Gasteiger charge is 2.59. The number of rotatable bonds is 30. The van der Waals surface area contributed by atoms with Crippen LogP contribution >= 0.6 is 7.82 Å². The standard InChI is InChI=1S/C42H65N10O10P/c1-2-3-4-5-6-7-8-9-10-11-12-13-14-15-16-17-22-58-63(57,59-23-31-35(53)37(55)41(25-43,61-31)33-20-18-29(51-33)39(47)49-27-45)60-24-32-36(54)38(56)42(26-44,62-32)34-21-19-30(52-34)40(48)50-28-46/h18-21,27-28,31-32,35-38,51-56H,2-17,22-24H2,1H3,(H3,45,47,49)(H3,46,48,50). The Morgan fingerprint density at radius 1 is 0.698 bits per heavy atom. The number of aliphatic hydroxyl groups is 4. The summed E-state index contributed by atoms with van der Waals surface area (Å²) in [5.41, 5.74) is 7.87. The Hall–Kier alpha value is -4.31. The number of amidine groups is 2. The minimum atomic E-state index is -4.62. The van der Waals surface area contributed by atoms with Gasteiger partial charge in [0.1, 0.15) is 73.1 Å². The van der Waals surface area contributed by atoms with Crippen LogP contribution in [0.25, 0.3) is 0 Å². The lowest BCUT2D eigenvalue weighted by Crippen LogP contribution is -2.40. The van der Waals surface area contributed by atoms with E-state index in [2.05, 4.69) is 26.9 Å². The molecule has 8 atom stereocenters. The Morgan fingerprint density at radius 3 is 1.41 bits per heavy atom. The molecule has 348 valence electrons. The Morgan fingerprint density at radius 2 is 1.06 bits per heavy atom. The van der Waals surface area contributed by atoms with Gasteiger partial charge in [0.25, 0.3) is 0 Å². The number of aliphatic imine (C=N–C) groups is 2. The molecule has 2 saturated heterocycles. The number of hydrogen-bond donors (Lipinski definition) is 10. The SMILES string of the molecule is CCCCCCCCCCCCCCCCCCOP(=O)(OCC1OC(C#N)(c2ccc(C(N)=NC=N)[nH]2)C(O)C1O)OCC1OC(C#N)(c2ccc(C(N)=NC=N)[nH]2)C(O)C1O. The van der Waals surface area contributed by atoms with Crippen molar-refractivity contribution in [3.63, 3.8) is 0 Å². The van der Waals surface area contributed by atoms with Gasteiger partial charge in [0.05, 0.1) is 42.6 Å². The summed E-state index contributed by atoms with van der Waals surface area (Å²) in [5.74, 6) is -0.160. The molecule has 4 heterocycles. The van der Waals surface area contributed by atoms with Crippen molar-refractivity contribution in [1.29, 1.82) is 21.3 Å². The smallest absolute Gasteiger partial charge is 0.387 e. The van der Waals surface area contributed by atoms with Crippen molar-refractivity contribution in [1.82, 2.24) is 9.97 Å². The average Bonchev–Trinajstić information content (AvgIpc) is 4.08. The predicted molar refractivity (Wildman–Crippen MR) is 234 cm³/mol. The molecular weight excluding hydrogens is 835 g/mol. The number of phosphoric ester groups is 1. The minimum Gasteiger partial charge on any atom is -0.387 e. The van der Waals surface area contributed by atoms with Crippen LogP contribution in [0.5, 0.6) is 0 Å². The summed E-state index contributed by atoms with van der Waals surface area (Å²) in [4.78, 5) is 13.0. The van der Waals surface area contributed by atoms with Crippen molar-refractivity contribution >= 4 is 32.2 Å². The van der Waals surface area contributed by atoms with Gasteiger partial charge in [-0.1, -0.05) is 103 Å². The van der Waals surface area contributed by atoms with Gasteiger partial charge < -0.3 is 51.3 Å². The Bertz CT molecular complexity index is 1830. The molecule has 0 aliphatic carbocycles. The molecule has 8 unspecified atom stereocenters. The van der Waals surface area contributed by atoms with Crippen LogP contribution in [0.15, 0.2) is 34.3 Å². The van der Waals surface area contributed by atoms with Crippen LogP contribution in [0.2, 0.25) is 0 Å². The molecule has 4 rings (SSSR count). The molecular formula is C42H65N10O10P. The van der Waals surface area contributed by atoms with Gasteiger partial charge in [0.2, 0.25) is 11.2 Å². The molecule has 0 spiro atoms. The maximum atomic E-state index is 14.2. The molecule has 2 aromatic heterocycles. The first-order chi connectivity index (χ1) is 30.3. The van der Waals surface area contributed by atoms with E-state index in [0.29, 0.717) is 6.42 Å². The van der Waals surface area contributed by atoms with Crippen molar-refractivity contribution in [2.75, 3.05) is 19.8 Å². The average molecular weight is 901 g/mol. The number of ether oxygens (including phenoxy) is 2. The van der Waals surface area contributed by atoms with Gasteiger partial charge in [-0.2, -0.15) is 10.5 Å². The van der Waals surface area contributed by atoms with E-state index >= 15 is 0 Å². The zero-order valence-corrected chi connectivity index (χ0v) is 36.9. The topological polar surface area (TPSA) is 348 Å². The van der Waals surface area contributed by atoms with Crippen LogP contribution in [0.3, 0.4) is 0 Å². The fourth-order valence-electron chi connectivity index (χ4n) is 7.73. The van der Waals surface area contributed by atoms with Crippen LogP contribution in [-0.4, -0.2) is 111 Å². The van der Waals surface area contributed by atoms with Crippen LogP contribution < -0.4 is 11.5 Å². The van der Waals surface area contributed by atoms with Gasteiger partial charge in [-0.3, -0.25) is 24.4 Å². The predicted octanol–water partition coefficient (Wildman–Crippen LogP) is 4.77. The number of aromatic amines is 2.